The molecule has 1 saturated heterocycles. The molecule has 1 aliphatic heterocycles. The zero-order valence-electron chi connectivity index (χ0n) is 9.72. The van der Waals surface area contributed by atoms with E-state index in [0.29, 0.717) is 36.5 Å². The Labute approximate surface area is 99.8 Å². The van der Waals surface area contributed by atoms with Gasteiger partial charge in [-0.05, 0) is 18.6 Å². The number of amides is 1. The fourth-order valence-corrected chi connectivity index (χ4v) is 1.97. The van der Waals surface area contributed by atoms with Gasteiger partial charge in [-0.25, -0.2) is 0 Å². The van der Waals surface area contributed by atoms with Crippen molar-refractivity contribution in [2.75, 3.05) is 25.9 Å². The van der Waals surface area contributed by atoms with E-state index in [1.54, 1.807) is 23.1 Å². The number of methoxy groups -OCH3 is 1. The number of aliphatic hydroxyl groups excluding tert-OH is 1. The van der Waals surface area contributed by atoms with Crippen LogP contribution in [0.2, 0.25) is 0 Å². The van der Waals surface area contributed by atoms with Gasteiger partial charge < -0.3 is 20.5 Å². The Morgan fingerprint density at radius 1 is 1.53 bits per heavy atom. The summed E-state index contributed by atoms with van der Waals surface area (Å²) in [5, 5.41) is 9.41. The number of nitrogens with two attached hydrogens (primary N) is 1. The van der Waals surface area contributed by atoms with Gasteiger partial charge in [0.15, 0.2) is 0 Å². The number of hydrogen-bond acceptors (Lipinski definition) is 4. The molecule has 0 saturated carbocycles. The Morgan fingerprint density at radius 2 is 2.29 bits per heavy atom. The van der Waals surface area contributed by atoms with E-state index in [9.17, 15) is 9.90 Å². The van der Waals surface area contributed by atoms with E-state index in [2.05, 4.69) is 0 Å². The molecule has 1 aromatic rings. The predicted molar refractivity (Wildman–Crippen MR) is 63.9 cm³/mol. The minimum absolute atomic E-state index is 0.118. The molecule has 5 heteroatoms. The first-order chi connectivity index (χ1) is 8.10. The number of anilines is 1. The molecule has 1 aromatic carbocycles. The zero-order chi connectivity index (χ0) is 12.4. The fraction of sp³-hybridized carbons (Fsp3) is 0.417. The maximum Gasteiger partial charge on any atom is 0.254 e. The van der Waals surface area contributed by atoms with Gasteiger partial charge in [0.25, 0.3) is 5.91 Å². The predicted octanol–water partition coefficient (Wildman–Crippen LogP) is 0.484. The highest BCUT2D eigenvalue weighted by Gasteiger charge is 2.25. The average Bonchev–Trinajstić information content (AvgIpc) is 2.74. The van der Waals surface area contributed by atoms with Crippen LogP contribution >= 0.6 is 0 Å². The van der Waals surface area contributed by atoms with Crippen molar-refractivity contribution >= 4 is 11.6 Å². The number of carbonyl (C=O) groups excluding carboxylic acids is 1. The molecule has 0 bridgehead atoms. The molecule has 92 valence electrons. The van der Waals surface area contributed by atoms with Crippen molar-refractivity contribution in [3.63, 3.8) is 0 Å². The lowest BCUT2D eigenvalue weighted by Crippen LogP contribution is -2.29. The van der Waals surface area contributed by atoms with Crippen molar-refractivity contribution in [3.8, 4) is 5.75 Å². The topological polar surface area (TPSA) is 75.8 Å². The molecule has 1 atom stereocenters. The first-order valence-corrected chi connectivity index (χ1v) is 5.52. The van der Waals surface area contributed by atoms with Gasteiger partial charge >= 0.3 is 0 Å². The van der Waals surface area contributed by atoms with Crippen LogP contribution in [-0.4, -0.2) is 42.2 Å². The molecule has 1 fully saturated rings. The molecular formula is C12H16N2O3. The van der Waals surface area contributed by atoms with E-state index in [4.69, 9.17) is 10.5 Å². The maximum atomic E-state index is 12.1. The molecule has 2 rings (SSSR count). The summed E-state index contributed by atoms with van der Waals surface area (Å²) in [5.41, 5.74) is 6.69. The molecular weight excluding hydrogens is 220 g/mol. The van der Waals surface area contributed by atoms with Crippen molar-refractivity contribution in [1.29, 1.82) is 0 Å². The molecule has 1 heterocycles. The lowest BCUT2D eigenvalue weighted by atomic mass is 10.1. The second kappa shape index (κ2) is 4.63. The molecule has 1 aliphatic rings. The number of rotatable bonds is 2. The Balaban J connectivity index is 2.21. The van der Waals surface area contributed by atoms with Crippen LogP contribution in [0.15, 0.2) is 18.2 Å². The van der Waals surface area contributed by atoms with Gasteiger partial charge in [-0.1, -0.05) is 0 Å². The first kappa shape index (κ1) is 11.7. The SMILES string of the molecule is COc1cc(N)cc(C(=O)N2CCC(O)C2)c1. The standard InChI is InChI=1S/C12H16N2O3/c1-17-11-5-8(4-9(13)6-11)12(16)14-3-2-10(15)7-14/h4-6,10,15H,2-3,7,13H2,1H3. The summed E-state index contributed by atoms with van der Waals surface area (Å²) in [6.45, 7) is 0.965. The van der Waals surface area contributed by atoms with Crippen molar-refractivity contribution in [1.82, 2.24) is 4.90 Å². The normalized spacial score (nSPS) is 19.4. The number of ether oxygens (including phenoxy) is 1. The maximum absolute atomic E-state index is 12.1. The van der Waals surface area contributed by atoms with Crippen LogP contribution < -0.4 is 10.5 Å². The number of benzene rings is 1. The molecule has 3 N–H and O–H groups in total. The third-order valence-corrected chi connectivity index (χ3v) is 2.86. The number of nitrogens with zero attached hydrogens (tertiary/aromatic N) is 1. The third-order valence-electron chi connectivity index (χ3n) is 2.86. The number of likely N-dealkylation sites (tertiary alicyclic amines) is 1. The second-order valence-electron chi connectivity index (χ2n) is 4.19. The molecule has 0 aromatic heterocycles. The lowest BCUT2D eigenvalue weighted by Gasteiger charge is -2.16. The Morgan fingerprint density at radius 3 is 2.88 bits per heavy atom. The summed E-state index contributed by atoms with van der Waals surface area (Å²) in [5.74, 6) is 0.445. The molecule has 1 unspecified atom stereocenters. The van der Waals surface area contributed by atoms with Gasteiger partial charge in [-0.2, -0.15) is 0 Å². The Kier molecular flexibility index (Phi) is 3.19. The second-order valence-corrected chi connectivity index (χ2v) is 4.19. The van der Waals surface area contributed by atoms with Crippen LogP contribution in [-0.2, 0) is 0 Å². The van der Waals surface area contributed by atoms with Crippen LogP contribution in [0.1, 0.15) is 16.8 Å². The van der Waals surface area contributed by atoms with E-state index in [1.807, 2.05) is 0 Å². The van der Waals surface area contributed by atoms with Gasteiger partial charge in [0.1, 0.15) is 5.75 Å². The Hall–Kier alpha value is -1.75. The highest BCUT2D eigenvalue weighted by Crippen LogP contribution is 2.21. The van der Waals surface area contributed by atoms with Crippen LogP contribution in [0.5, 0.6) is 5.75 Å². The van der Waals surface area contributed by atoms with Crippen LogP contribution in [0.25, 0.3) is 0 Å². The van der Waals surface area contributed by atoms with E-state index in [-0.39, 0.29) is 5.91 Å². The first-order valence-electron chi connectivity index (χ1n) is 5.52. The number of carbonyl (C=O) groups is 1. The van der Waals surface area contributed by atoms with E-state index < -0.39 is 6.10 Å². The van der Waals surface area contributed by atoms with E-state index >= 15 is 0 Å². The molecule has 17 heavy (non-hydrogen) atoms. The largest absolute Gasteiger partial charge is 0.497 e. The number of nitrogen functional groups attached to an aromatic ring is 1. The summed E-state index contributed by atoms with van der Waals surface area (Å²) in [4.78, 5) is 13.7. The van der Waals surface area contributed by atoms with Gasteiger partial charge in [0, 0.05) is 30.4 Å². The summed E-state index contributed by atoms with van der Waals surface area (Å²) < 4.78 is 5.07. The summed E-state index contributed by atoms with van der Waals surface area (Å²) >= 11 is 0. The van der Waals surface area contributed by atoms with Crippen molar-refractivity contribution < 1.29 is 14.6 Å². The fourth-order valence-electron chi connectivity index (χ4n) is 1.97. The quantitative estimate of drug-likeness (QED) is 0.732. The number of hydrogen-bond donors (Lipinski definition) is 2. The molecule has 1 amide bonds. The molecule has 5 nitrogen and oxygen atoms in total. The smallest absolute Gasteiger partial charge is 0.254 e. The lowest BCUT2D eigenvalue weighted by molar-refractivity contribution is 0.0764. The Bertz CT molecular complexity index is 434. The highest BCUT2D eigenvalue weighted by atomic mass is 16.5. The minimum Gasteiger partial charge on any atom is -0.497 e. The van der Waals surface area contributed by atoms with Gasteiger partial charge in [0.05, 0.1) is 13.2 Å². The number of aliphatic hydroxyl groups is 1. The summed E-state index contributed by atoms with van der Waals surface area (Å²) in [7, 11) is 1.53. The third kappa shape index (κ3) is 2.50. The monoisotopic (exact) mass is 236 g/mol. The van der Waals surface area contributed by atoms with Crippen LogP contribution in [0, 0.1) is 0 Å². The molecule has 0 radical (unpaired) electrons. The molecule has 0 spiro atoms. The van der Waals surface area contributed by atoms with Crippen molar-refractivity contribution in [3.05, 3.63) is 23.8 Å². The van der Waals surface area contributed by atoms with E-state index in [1.165, 1.54) is 7.11 Å². The van der Waals surface area contributed by atoms with E-state index in [0.717, 1.165) is 0 Å². The van der Waals surface area contributed by atoms with Gasteiger partial charge in [-0.3, -0.25) is 4.79 Å². The van der Waals surface area contributed by atoms with Crippen molar-refractivity contribution in [2.45, 2.75) is 12.5 Å². The highest BCUT2D eigenvalue weighted by molar-refractivity contribution is 5.95. The minimum atomic E-state index is -0.415. The van der Waals surface area contributed by atoms with Gasteiger partial charge in [-0.15, -0.1) is 0 Å². The van der Waals surface area contributed by atoms with Gasteiger partial charge in [0.2, 0.25) is 0 Å². The number of β-amino-alcohol motifs (C(OH)–C–C–N with tert-alkyl or cyclic N) is 1. The van der Waals surface area contributed by atoms with Crippen LogP contribution in [0.3, 0.4) is 0 Å². The summed E-state index contributed by atoms with van der Waals surface area (Å²) in [6, 6.07) is 4.94. The van der Waals surface area contributed by atoms with Crippen molar-refractivity contribution in [2.24, 2.45) is 0 Å². The average molecular weight is 236 g/mol. The van der Waals surface area contributed by atoms with Crippen LogP contribution in [0.4, 0.5) is 5.69 Å². The summed E-state index contributed by atoms with van der Waals surface area (Å²) in [6.07, 6.45) is 0.215. The molecule has 0 aliphatic carbocycles. The zero-order valence-corrected chi connectivity index (χ0v) is 9.72.